The third-order valence-electron chi connectivity index (χ3n) is 2.82. The fourth-order valence-corrected chi connectivity index (χ4v) is 2.02. The number of fused-ring (bicyclic) bond motifs is 1. The number of hydrogen-bond donors (Lipinski definition) is 1. The van der Waals surface area contributed by atoms with E-state index in [1.54, 1.807) is 18.5 Å². The molecule has 4 heteroatoms. The van der Waals surface area contributed by atoms with Crippen molar-refractivity contribution in [2.24, 2.45) is 0 Å². The van der Waals surface area contributed by atoms with Crippen molar-refractivity contribution in [2.75, 3.05) is 0 Å². The van der Waals surface area contributed by atoms with Crippen LogP contribution in [0, 0.1) is 0 Å². The predicted molar refractivity (Wildman–Crippen MR) is 68.0 cm³/mol. The van der Waals surface area contributed by atoms with Crippen molar-refractivity contribution in [3.05, 3.63) is 60.4 Å². The van der Waals surface area contributed by atoms with E-state index >= 15 is 0 Å². The molecule has 0 fully saturated rings. The van der Waals surface area contributed by atoms with Crippen LogP contribution in [0.4, 0.5) is 0 Å². The number of aromatic nitrogens is 2. The highest BCUT2D eigenvalue weighted by Crippen LogP contribution is 2.22. The molecule has 88 valence electrons. The monoisotopic (exact) mass is 238 g/mol. The summed E-state index contributed by atoms with van der Waals surface area (Å²) in [4.78, 5) is 15.4. The summed E-state index contributed by atoms with van der Waals surface area (Å²) in [6.07, 6.45) is 3.21. The summed E-state index contributed by atoms with van der Waals surface area (Å²) in [5.41, 5.74) is 2.44. The van der Waals surface area contributed by atoms with E-state index in [2.05, 4.69) is 4.98 Å². The second kappa shape index (κ2) is 4.00. The molecule has 0 aliphatic rings. The molecule has 0 radical (unpaired) electrons. The van der Waals surface area contributed by atoms with Gasteiger partial charge in [0.2, 0.25) is 0 Å². The maximum Gasteiger partial charge on any atom is 0.339 e. The number of hydrogen-bond acceptors (Lipinski definition) is 2. The van der Waals surface area contributed by atoms with Crippen molar-refractivity contribution >= 4 is 17.0 Å². The first-order chi connectivity index (χ1) is 8.77. The lowest BCUT2D eigenvalue weighted by atomic mass is 10.3. The Kier molecular flexibility index (Phi) is 2.34. The van der Waals surface area contributed by atoms with Gasteiger partial charge in [-0.1, -0.05) is 18.2 Å². The molecule has 0 atom stereocenters. The number of pyridine rings is 1. The molecule has 0 amide bonds. The van der Waals surface area contributed by atoms with Gasteiger partial charge in [-0.25, -0.2) is 4.79 Å². The van der Waals surface area contributed by atoms with Gasteiger partial charge in [0.05, 0.1) is 5.52 Å². The molecule has 0 aliphatic heterocycles. The predicted octanol–water partition coefficient (Wildman–Crippen LogP) is 2.72. The van der Waals surface area contributed by atoms with Crippen molar-refractivity contribution in [2.45, 2.75) is 0 Å². The van der Waals surface area contributed by atoms with E-state index < -0.39 is 5.97 Å². The highest BCUT2D eigenvalue weighted by atomic mass is 16.4. The average molecular weight is 238 g/mol. The molecule has 0 unspecified atom stereocenters. The zero-order chi connectivity index (χ0) is 12.5. The molecule has 3 aromatic rings. The Morgan fingerprint density at radius 3 is 2.61 bits per heavy atom. The third-order valence-corrected chi connectivity index (χ3v) is 2.82. The topological polar surface area (TPSA) is 55.1 Å². The fourth-order valence-electron chi connectivity index (χ4n) is 2.02. The Morgan fingerprint density at radius 2 is 1.89 bits per heavy atom. The Bertz CT molecular complexity index is 717. The summed E-state index contributed by atoms with van der Waals surface area (Å²) in [6.45, 7) is 0. The van der Waals surface area contributed by atoms with Gasteiger partial charge in [-0.15, -0.1) is 0 Å². The van der Waals surface area contributed by atoms with Gasteiger partial charge in [0, 0.05) is 18.1 Å². The number of benzene rings is 1. The minimum absolute atomic E-state index is 0.217. The summed E-state index contributed by atoms with van der Waals surface area (Å²) in [5.74, 6) is -0.964. The van der Waals surface area contributed by atoms with Crippen LogP contribution < -0.4 is 0 Å². The minimum Gasteiger partial charge on any atom is -0.478 e. The van der Waals surface area contributed by atoms with Crippen LogP contribution in [0.5, 0.6) is 0 Å². The van der Waals surface area contributed by atoms with Gasteiger partial charge in [-0.3, -0.25) is 4.98 Å². The van der Waals surface area contributed by atoms with Gasteiger partial charge in [0.1, 0.15) is 11.1 Å². The Balaban J connectivity index is 2.34. The second-order valence-electron chi connectivity index (χ2n) is 3.92. The van der Waals surface area contributed by atoms with E-state index in [-0.39, 0.29) is 5.56 Å². The molecule has 2 aromatic heterocycles. The molecule has 1 N–H and O–H groups in total. The van der Waals surface area contributed by atoms with Gasteiger partial charge in [0.15, 0.2) is 0 Å². The van der Waals surface area contributed by atoms with Crippen LogP contribution in [0.1, 0.15) is 10.4 Å². The second-order valence-corrected chi connectivity index (χ2v) is 3.92. The highest BCUT2D eigenvalue weighted by Gasteiger charge is 2.15. The Hall–Kier alpha value is -2.62. The SMILES string of the molecule is O=C(O)c1cn(-c2ccccc2)c2cccnc12. The Morgan fingerprint density at radius 1 is 1.11 bits per heavy atom. The molecule has 3 rings (SSSR count). The smallest absolute Gasteiger partial charge is 0.339 e. The number of carboxylic acid groups (broad SMARTS) is 1. The molecular formula is C14H10N2O2. The molecule has 0 saturated carbocycles. The number of para-hydroxylation sites is 1. The lowest BCUT2D eigenvalue weighted by molar-refractivity contribution is 0.0698. The van der Waals surface area contributed by atoms with Crippen LogP contribution in [0.3, 0.4) is 0 Å². The number of nitrogens with zero attached hydrogens (tertiary/aromatic N) is 2. The van der Waals surface area contributed by atoms with Crippen molar-refractivity contribution in [3.8, 4) is 5.69 Å². The summed E-state index contributed by atoms with van der Waals surface area (Å²) in [7, 11) is 0. The van der Waals surface area contributed by atoms with E-state index in [1.165, 1.54) is 0 Å². The zero-order valence-electron chi connectivity index (χ0n) is 9.45. The first kappa shape index (κ1) is 10.5. The van der Waals surface area contributed by atoms with Crippen LogP contribution in [0.25, 0.3) is 16.7 Å². The third kappa shape index (κ3) is 1.55. The zero-order valence-corrected chi connectivity index (χ0v) is 9.45. The van der Waals surface area contributed by atoms with Gasteiger partial charge in [-0.2, -0.15) is 0 Å². The molecule has 2 heterocycles. The maximum atomic E-state index is 11.2. The molecule has 0 aliphatic carbocycles. The van der Waals surface area contributed by atoms with Gasteiger partial charge in [-0.05, 0) is 24.3 Å². The molecule has 4 nitrogen and oxygen atoms in total. The van der Waals surface area contributed by atoms with E-state index in [4.69, 9.17) is 0 Å². The summed E-state index contributed by atoms with van der Waals surface area (Å²) >= 11 is 0. The van der Waals surface area contributed by atoms with Gasteiger partial charge in [0.25, 0.3) is 0 Å². The molecule has 1 aromatic carbocycles. The first-order valence-electron chi connectivity index (χ1n) is 5.52. The summed E-state index contributed by atoms with van der Waals surface area (Å²) in [5, 5.41) is 9.19. The van der Waals surface area contributed by atoms with Crippen LogP contribution in [0.15, 0.2) is 54.9 Å². The molecule has 0 bridgehead atoms. The van der Waals surface area contributed by atoms with Crippen molar-refractivity contribution in [3.63, 3.8) is 0 Å². The van der Waals surface area contributed by atoms with E-state index in [9.17, 15) is 9.90 Å². The van der Waals surface area contributed by atoms with Gasteiger partial charge >= 0.3 is 5.97 Å². The fraction of sp³-hybridized carbons (Fsp3) is 0. The van der Waals surface area contributed by atoms with Gasteiger partial charge < -0.3 is 9.67 Å². The normalized spacial score (nSPS) is 10.7. The van der Waals surface area contributed by atoms with Crippen LogP contribution in [-0.2, 0) is 0 Å². The first-order valence-corrected chi connectivity index (χ1v) is 5.52. The highest BCUT2D eigenvalue weighted by molar-refractivity contribution is 6.02. The lowest BCUT2D eigenvalue weighted by Crippen LogP contribution is -1.95. The van der Waals surface area contributed by atoms with Crippen molar-refractivity contribution in [1.82, 2.24) is 9.55 Å². The number of aromatic carboxylic acids is 1. The largest absolute Gasteiger partial charge is 0.478 e. The van der Waals surface area contributed by atoms with E-state index in [1.807, 2.05) is 41.0 Å². The van der Waals surface area contributed by atoms with E-state index in [0.717, 1.165) is 11.2 Å². The minimum atomic E-state index is -0.964. The average Bonchev–Trinajstić information content (AvgIpc) is 2.79. The number of carbonyl (C=O) groups is 1. The number of carboxylic acids is 1. The van der Waals surface area contributed by atoms with Crippen LogP contribution >= 0.6 is 0 Å². The van der Waals surface area contributed by atoms with Crippen molar-refractivity contribution < 1.29 is 9.90 Å². The molecular weight excluding hydrogens is 228 g/mol. The molecule has 0 spiro atoms. The molecule has 18 heavy (non-hydrogen) atoms. The van der Waals surface area contributed by atoms with Crippen molar-refractivity contribution in [1.29, 1.82) is 0 Å². The Labute approximate surface area is 103 Å². The quantitative estimate of drug-likeness (QED) is 0.746. The van der Waals surface area contributed by atoms with E-state index in [0.29, 0.717) is 5.52 Å². The number of rotatable bonds is 2. The van der Waals surface area contributed by atoms with Crippen LogP contribution in [0.2, 0.25) is 0 Å². The maximum absolute atomic E-state index is 11.2. The summed E-state index contributed by atoms with van der Waals surface area (Å²) in [6, 6.07) is 13.3. The summed E-state index contributed by atoms with van der Waals surface area (Å²) < 4.78 is 1.84. The molecule has 0 saturated heterocycles. The standard InChI is InChI=1S/C14H10N2O2/c17-14(18)11-9-16(10-5-2-1-3-6-10)12-7-4-8-15-13(11)12/h1-9H,(H,17,18). The lowest BCUT2D eigenvalue weighted by Gasteiger charge is -2.03. The van der Waals surface area contributed by atoms with Crippen LogP contribution in [-0.4, -0.2) is 20.6 Å².